The van der Waals surface area contributed by atoms with Gasteiger partial charge in [-0.25, -0.2) is 5.43 Å². The van der Waals surface area contributed by atoms with Crippen LogP contribution in [0.5, 0.6) is 11.5 Å². The van der Waals surface area contributed by atoms with Crippen molar-refractivity contribution < 1.29 is 19.1 Å². The Bertz CT molecular complexity index is 1210. The van der Waals surface area contributed by atoms with Gasteiger partial charge in [-0.2, -0.15) is 5.10 Å². The number of hydrogen-bond acceptors (Lipinski definition) is 5. The molecule has 0 saturated carbocycles. The van der Waals surface area contributed by atoms with Crippen molar-refractivity contribution in [2.45, 2.75) is 33.4 Å². The second-order valence-electron chi connectivity index (χ2n) is 8.60. The molecule has 36 heavy (non-hydrogen) atoms. The number of hydrogen-bond donors (Lipinski definition) is 2. The van der Waals surface area contributed by atoms with E-state index in [1.54, 1.807) is 37.4 Å². The average Bonchev–Trinajstić information content (AvgIpc) is 2.87. The number of benzene rings is 3. The molecule has 0 spiro atoms. The summed E-state index contributed by atoms with van der Waals surface area (Å²) in [5, 5.41) is 6.86. The SMILES string of the molecule is COc1cc(/C=N/NC(=O)C(NC(=O)c2ccccc2)C(C)C)cc(Br)c1OCc1ccc(C)cc1. The van der Waals surface area contributed by atoms with Crippen LogP contribution in [0.1, 0.15) is 40.9 Å². The molecule has 0 aromatic heterocycles. The third-order valence-electron chi connectivity index (χ3n) is 5.42. The highest BCUT2D eigenvalue weighted by Gasteiger charge is 2.24. The highest BCUT2D eigenvalue weighted by atomic mass is 79.9. The molecule has 1 atom stereocenters. The quantitative estimate of drug-likeness (QED) is 0.266. The Hall–Kier alpha value is -3.65. The first-order chi connectivity index (χ1) is 17.3. The summed E-state index contributed by atoms with van der Waals surface area (Å²) >= 11 is 3.53. The minimum absolute atomic E-state index is 0.132. The van der Waals surface area contributed by atoms with E-state index >= 15 is 0 Å². The van der Waals surface area contributed by atoms with Gasteiger partial charge in [0.25, 0.3) is 11.8 Å². The molecule has 0 aliphatic heterocycles. The third-order valence-corrected chi connectivity index (χ3v) is 6.00. The van der Waals surface area contributed by atoms with Crippen molar-refractivity contribution in [3.05, 3.63) is 93.5 Å². The van der Waals surface area contributed by atoms with Crippen LogP contribution in [0.4, 0.5) is 0 Å². The van der Waals surface area contributed by atoms with Crippen LogP contribution < -0.4 is 20.2 Å². The van der Waals surface area contributed by atoms with E-state index in [9.17, 15) is 9.59 Å². The highest BCUT2D eigenvalue weighted by Crippen LogP contribution is 2.36. The fourth-order valence-electron chi connectivity index (χ4n) is 3.38. The standard InChI is InChI=1S/C28H30BrN3O4/c1-18(2)25(31-27(33)22-8-6-5-7-9-22)28(34)32-30-16-21-14-23(29)26(24(15-21)35-4)36-17-20-12-10-19(3)11-13-20/h5-16,18,25H,17H2,1-4H3,(H,31,33)(H,32,34)/b30-16+. The van der Waals surface area contributed by atoms with Crippen LogP contribution in [0, 0.1) is 12.8 Å². The van der Waals surface area contributed by atoms with E-state index in [-0.39, 0.29) is 11.8 Å². The summed E-state index contributed by atoms with van der Waals surface area (Å²) < 4.78 is 12.2. The summed E-state index contributed by atoms with van der Waals surface area (Å²) in [7, 11) is 1.56. The Kier molecular flexibility index (Phi) is 9.64. The Balaban J connectivity index is 1.65. The van der Waals surface area contributed by atoms with Gasteiger partial charge in [0.05, 0.1) is 17.8 Å². The lowest BCUT2D eigenvalue weighted by molar-refractivity contribution is -0.123. The predicted molar refractivity (Wildman–Crippen MR) is 144 cm³/mol. The molecule has 8 heteroatoms. The zero-order chi connectivity index (χ0) is 26.1. The van der Waals surface area contributed by atoms with Crippen LogP contribution in [-0.4, -0.2) is 31.2 Å². The van der Waals surface area contributed by atoms with E-state index in [1.807, 2.05) is 57.2 Å². The van der Waals surface area contributed by atoms with E-state index in [0.717, 1.165) is 5.56 Å². The minimum Gasteiger partial charge on any atom is -0.493 e. The molecular formula is C28H30BrN3O4. The Morgan fingerprint density at radius 1 is 1.06 bits per heavy atom. The highest BCUT2D eigenvalue weighted by molar-refractivity contribution is 9.10. The van der Waals surface area contributed by atoms with Gasteiger partial charge in [0.15, 0.2) is 11.5 Å². The molecule has 3 aromatic rings. The normalized spacial score (nSPS) is 11.8. The Morgan fingerprint density at radius 3 is 2.39 bits per heavy atom. The summed E-state index contributed by atoms with van der Waals surface area (Å²) in [4.78, 5) is 25.2. The largest absolute Gasteiger partial charge is 0.493 e. The summed E-state index contributed by atoms with van der Waals surface area (Å²) in [6.07, 6.45) is 1.51. The fourth-order valence-corrected chi connectivity index (χ4v) is 3.96. The maximum absolute atomic E-state index is 12.7. The zero-order valence-corrected chi connectivity index (χ0v) is 22.3. The maximum Gasteiger partial charge on any atom is 0.262 e. The number of methoxy groups -OCH3 is 1. The molecule has 0 fully saturated rings. The molecule has 0 radical (unpaired) electrons. The molecule has 3 aromatic carbocycles. The number of rotatable bonds is 10. The molecule has 7 nitrogen and oxygen atoms in total. The minimum atomic E-state index is -0.742. The van der Waals surface area contributed by atoms with Gasteiger partial charge in [-0.15, -0.1) is 0 Å². The lowest BCUT2D eigenvalue weighted by Crippen LogP contribution is -2.48. The van der Waals surface area contributed by atoms with Crippen molar-refractivity contribution in [3.8, 4) is 11.5 Å². The lowest BCUT2D eigenvalue weighted by atomic mass is 10.0. The van der Waals surface area contributed by atoms with Gasteiger partial charge in [-0.05, 0) is 64.2 Å². The number of aryl methyl sites for hydroxylation is 1. The molecule has 0 saturated heterocycles. The monoisotopic (exact) mass is 551 g/mol. The second-order valence-corrected chi connectivity index (χ2v) is 9.46. The molecular weight excluding hydrogens is 522 g/mol. The van der Waals surface area contributed by atoms with Crippen LogP contribution >= 0.6 is 15.9 Å². The molecule has 0 aliphatic carbocycles. The van der Waals surface area contributed by atoms with Crippen molar-refractivity contribution in [2.75, 3.05) is 7.11 Å². The first-order valence-corrected chi connectivity index (χ1v) is 12.3. The third kappa shape index (κ3) is 7.42. The van der Waals surface area contributed by atoms with Crippen LogP contribution in [0.25, 0.3) is 0 Å². The smallest absolute Gasteiger partial charge is 0.262 e. The Morgan fingerprint density at radius 2 is 1.75 bits per heavy atom. The fraction of sp³-hybridized carbons (Fsp3) is 0.250. The first kappa shape index (κ1) is 26.9. The number of hydrazone groups is 1. The number of nitrogens with one attached hydrogen (secondary N) is 2. The van der Waals surface area contributed by atoms with Gasteiger partial charge in [-0.3, -0.25) is 9.59 Å². The number of ether oxygens (including phenoxy) is 2. The second kappa shape index (κ2) is 12.9. The van der Waals surface area contributed by atoms with Crippen molar-refractivity contribution in [2.24, 2.45) is 11.0 Å². The van der Waals surface area contributed by atoms with Crippen LogP contribution in [-0.2, 0) is 11.4 Å². The number of carbonyl (C=O) groups is 2. The number of carbonyl (C=O) groups excluding carboxylic acids is 2. The van der Waals surface area contributed by atoms with Gasteiger partial charge < -0.3 is 14.8 Å². The van der Waals surface area contributed by atoms with E-state index in [0.29, 0.717) is 33.7 Å². The number of halogens is 1. The first-order valence-electron chi connectivity index (χ1n) is 11.5. The molecule has 0 bridgehead atoms. The number of amides is 2. The zero-order valence-electron chi connectivity index (χ0n) is 20.7. The summed E-state index contributed by atoms with van der Waals surface area (Å²) in [5.41, 5.74) is 5.93. The molecule has 0 aliphatic rings. The molecule has 2 amide bonds. The summed E-state index contributed by atoms with van der Waals surface area (Å²) in [6.45, 7) is 6.15. The number of nitrogens with zero attached hydrogens (tertiary/aromatic N) is 1. The van der Waals surface area contributed by atoms with Gasteiger partial charge in [0.2, 0.25) is 0 Å². The van der Waals surface area contributed by atoms with Gasteiger partial charge >= 0.3 is 0 Å². The molecule has 2 N–H and O–H groups in total. The van der Waals surface area contributed by atoms with Gasteiger partial charge in [0.1, 0.15) is 12.6 Å². The van der Waals surface area contributed by atoms with Crippen LogP contribution in [0.15, 0.2) is 76.3 Å². The van der Waals surface area contributed by atoms with Crippen LogP contribution in [0.3, 0.4) is 0 Å². The van der Waals surface area contributed by atoms with E-state index in [2.05, 4.69) is 31.8 Å². The predicted octanol–water partition coefficient (Wildman–Crippen LogP) is 5.25. The van der Waals surface area contributed by atoms with E-state index < -0.39 is 11.9 Å². The Labute approximate surface area is 220 Å². The van der Waals surface area contributed by atoms with E-state index in [4.69, 9.17) is 9.47 Å². The van der Waals surface area contributed by atoms with Gasteiger partial charge in [-0.1, -0.05) is 61.9 Å². The summed E-state index contributed by atoms with van der Waals surface area (Å²) in [5.74, 6) is 0.243. The maximum atomic E-state index is 12.7. The van der Waals surface area contributed by atoms with E-state index in [1.165, 1.54) is 11.8 Å². The average molecular weight is 552 g/mol. The van der Waals surface area contributed by atoms with Crippen LogP contribution in [0.2, 0.25) is 0 Å². The molecule has 0 heterocycles. The van der Waals surface area contributed by atoms with Crippen molar-refractivity contribution >= 4 is 34.0 Å². The molecule has 3 rings (SSSR count). The van der Waals surface area contributed by atoms with Crippen molar-refractivity contribution in [3.63, 3.8) is 0 Å². The van der Waals surface area contributed by atoms with Crippen molar-refractivity contribution in [1.82, 2.24) is 10.7 Å². The lowest BCUT2D eigenvalue weighted by Gasteiger charge is -2.20. The summed E-state index contributed by atoms with van der Waals surface area (Å²) in [6, 6.07) is 19.7. The molecule has 1 unspecified atom stereocenters. The van der Waals surface area contributed by atoms with Gasteiger partial charge in [0, 0.05) is 5.56 Å². The van der Waals surface area contributed by atoms with Crippen molar-refractivity contribution in [1.29, 1.82) is 0 Å². The topological polar surface area (TPSA) is 89.0 Å². The molecule has 188 valence electrons.